The summed E-state index contributed by atoms with van der Waals surface area (Å²) in [6.45, 7) is 0. The number of hydrogen-bond acceptors (Lipinski definition) is 3. The van der Waals surface area contributed by atoms with E-state index in [2.05, 4.69) is 11.4 Å². The smallest absolute Gasteiger partial charge is 0.0981 e. The van der Waals surface area contributed by atoms with Crippen LogP contribution in [-0.4, -0.2) is 9.93 Å². The van der Waals surface area contributed by atoms with Crippen molar-refractivity contribution in [3.63, 3.8) is 0 Å². The molecule has 2 nitrogen and oxygen atoms in total. The van der Waals surface area contributed by atoms with Crippen LogP contribution in [0.2, 0.25) is 0 Å². The van der Waals surface area contributed by atoms with Crippen LogP contribution in [0.3, 0.4) is 0 Å². The lowest BCUT2D eigenvalue weighted by molar-refractivity contribution is 0.604. The summed E-state index contributed by atoms with van der Waals surface area (Å²) >= 11 is 0.883. The molecule has 0 aromatic carbocycles. The van der Waals surface area contributed by atoms with Gasteiger partial charge in [0.2, 0.25) is 0 Å². The molecule has 0 amide bonds. The Morgan fingerprint density at radius 1 is 1.75 bits per heavy atom. The zero-order chi connectivity index (χ0) is 5.82. The van der Waals surface area contributed by atoms with Gasteiger partial charge in [-0.3, -0.25) is 0 Å². The molecule has 0 aliphatic carbocycles. The molecule has 0 saturated heterocycles. The van der Waals surface area contributed by atoms with E-state index in [0.717, 1.165) is 24.9 Å². The Morgan fingerprint density at radius 3 is 3.00 bits per heavy atom. The van der Waals surface area contributed by atoms with E-state index in [1.807, 2.05) is 6.20 Å². The number of hydrogen-bond donors (Lipinski definition) is 2. The maximum atomic E-state index is 8.51. The van der Waals surface area contributed by atoms with E-state index in [1.165, 1.54) is 0 Å². The first kappa shape index (κ1) is 5.98. The van der Waals surface area contributed by atoms with Crippen LogP contribution in [0.5, 0.6) is 0 Å². The average molecular weight is 131 g/mol. The molecule has 3 heteroatoms. The summed E-state index contributed by atoms with van der Waals surface area (Å²) in [4.78, 5) is 0. The van der Waals surface area contributed by atoms with Gasteiger partial charge in [-0.15, -0.1) is 0 Å². The molecule has 1 rings (SSSR count). The van der Waals surface area contributed by atoms with Crippen LogP contribution in [0, 0.1) is 0 Å². The molecule has 0 spiro atoms. The lowest BCUT2D eigenvalue weighted by Gasteiger charge is -2.15. The first-order valence-electron chi connectivity index (χ1n) is 2.65. The first-order chi connectivity index (χ1) is 3.93. The first-order valence-corrected chi connectivity index (χ1v) is 3.48. The van der Waals surface area contributed by atoms with Gasteiger partial charge in [-0.2, -0.15) is 0 Å². The topological polar surface area (TPSA) is 32.3 Å². The van der Waals surface area contributed by atoms with E-state index >= 15 is 0 Å². The SMILES string of the molecule is OSC1CCC=CN1. The van der Waals surface area contributed by atoms with E-state index in [0.29, 0.717) is 0 Å². The van der Waals surface area contributed by atoms with Crippen LogP contribution in [0.1, 0.15) is 12.8 Å². The minimum absolute atomic E-state index is 0.222. The minimum Gasteiger partial charge on any atom is -0.378 e. The summed E-state index contributed by atoms with van der Waals surface area (Å²) < 4.78 is 8.51. The molecular formula is C5H9NOS. The van der Waals surface area contributed by atoms with Gasteiger partial charge in [0.05, 0.1) is 5.37 Å². The number of rotatable bonds is 1. The van der Waals surface area contributed by atoms with Gasteiger partial charge in [0, 0.05) is 12.0 Å². The third kappa shape index (κ3) is 1.42. The van der Waals surface area contributed by atoms with Gasteiger partial charge in [-0.25, -0.2) is 0 Å². The Bertz CT molecular complexity index is 94.4. The molecule has 0 fully saturated rings. The quantitative estimate of drug-likeness (QED) is 0.528. The van der Waals surface area contributed by atoms with E-state index in [9.17, 15) is 0 Å². The standard InChI is InChI=1S/C5H9NOS/c7-8-5-3-1-2-4-6-5/h2,4-7H,1,3H2. The molecule has 0 aromatic rings. The molecule has 46 valence electrons. The van der Waals surface area contributed by atoms with Gasteiger partial charge in [-0.05, 0) is 19.0 Å². The Morgan fingerprint density at radius 2 is 2.62 bits per heavy atom. The summed E-state index contributed by atoms with van der Waals surface area (Å²) in [7, 11) is 0. The summed E-state index contributed by atoms with van der Waals surface area (Å²) in [5.41, 5.74) is 0. The van der Waals surface area contributed by atoms with Crippen LogP contribution in [0.25, 0.3) is 0 Å². The van der Waals surface area contributed by atoms with Crippen molar-refractivity contribution in [2.45, 2.75) is 18.2 Å². The highest BCUT2D eigenvalue weighted by molar-refractivity contribution is 7.94. The van der Waals surface area contributed by atoms with Gasteiger partial charge in [0.15, 0.2) is 0 Å². The highest BCUT2D eigenvalue weighted by Gasteiger charge is 2.06. The van der Waals surface area contributed by atoms with Gasteiger partial charge in [-0.1, -0.05) is 6.08 Å². The zero-order valence-corrected chi connectivity index (χ0v) is 5.32. The molecule has 1 unspecified atom stereocenters. The lowest BCUT2D eigenvalue weighted by atomic mass is 10.2. The fraction of sp³-hybridized carbons (Fsp3) is 0.600. The summed E-state index contributed by atoms with van der Waals surface area (Å²) in [5.74, 6) is 0. The van der Waals surface area contributed by atoms with Crippen molar-refractivity contribution >= 4 is 12.0 Å². The fourth-order valence-corrected chi connectivity index (χ4v) is 1.05. The third-order valence-electron chi connectivity index (χ3n) is 1.12. The summed E-state index contributed by atoms with van der Waals surface area (Å²) in [6.07, 6.45) is 6.05. The van der Waals surface area contributed by atoms with Crippen molar-refractivity contribution in [3.8, 4) is 0 Å². The summed E-state index contributed by atoms with van der Waals surface area (Å²) in [6, 6.07) is 0. The molecule has 1 atom stereocenters. The molecular weight excluding hydrogens is 122 g/mol. The second-order valence-electron chi connectivity index (χ2n) is 1.74. The van der Waals surface area contributed by atoms with Crippen LogP contribution in [0.4, 0.5) is 0 Å². The predicted molar refractivity (Wildman–Crippen MR) is 35.5 cm³/mol. The monoisotopic (exact) mass is 131 g/mol. The highest BCUT2D eigenvalue weighted by Crippen LogP contribution is 2.12. The fourth-order valence-electron chi connectivity index (χ4n) is 0.673. The van der Waals surface area contributed by atoms with E-state index in [4.69, 9.17) is 4.55 Å². The van der Waals surface area contributed by atoms with Crippen molar-refractivity contribution in [3.05, 3.63) is 12.3 Å². The molecule has 0 aromatic heterocycles. The van der Waals surface area contributed by atoms with Crippen molar-refractivity contribution in [1.29, 1.82) is 0 Å². The molecule has 0 saturated carbocycles. The van der Waals surface area contributed by atoms with E-state index < -0.39 is 0 Å². The molecule has 0 bridgehead atoms. The maximum Gasteiger partial charge on any atom is 0.0981 e. The summed E-state index contributed by atoms with van der Waals surface area (Å²) in [5, 5.41) is 3.22. The molecule has 0 radical (unpaired) electrons. The molecule has 1 aliphatic rings. The van der Waals surface area contributed by atoms with Crippen molar-refractivity contribution in [1.82, 2.24) is 5.32 Å². The van der Waals surface area contributed by atoms with Crippen molar-refractivity contribution < 1.29 is 4.55 Å². The second-order valence-corrected chi connectivity index (χ2v) is 2.52. The third-order valence-corrected chi connectivity index (χ3v) is 1.75. The second kappa shape index (κ2) is 2.99. The van der Waals surface area contributed by atoms with Crippen LogP contribution in [-0.2, 0) is 0 Å². The highest BCUT2D eigenvalue weighted by atomic mass is 32.2. The Hall–Kier alpha value is -0.150. The van der Waals surface area contributed by atoms with E-state index in [-0.39, 0.29) is 5.37 Å². The molecule has 1 aliphatic heterocycles. The Kier molecular flexibility index (Phi) is 2.24. The largest absolute Gasteiger partial charge is 0.378 e. The predicted octanol–water partition coefficient (Wildman–Crippen LogP) is 1.42. The Balaban J connectivity index is 2.27. The van der Waals surface area contributed by atoms with Crippen molar-refractivity contribution in [2.24, 2.45) is 0 Å². The molecule has 8 heavy (non-hydrogen) atoms. The lowest BCUT2D eigenvalue weighted by Crippen LogP contribution is -2.22. The number of nitrogens with one attached hydrogen (secondary N) is 1. The van der Waals surface area contributed by atoms with Crippen LogP contribution >= 0.6 is 12.0 Å². The minimum atomic E-state index is 0.222. The normalized spacial score (nSPS) is 27.4. The van der Waals surface area contributed by atoms with Crippen LogP contribution < -0.4 is 5.32 Å². The van der Waals surface area contributed by atoms with Crippen LogP contribution in [0.15, 0.2) is 12.3 Å². The maximum absolute atomic E-state index is 8.51. The van der Waals surface area contributed by atoms with Gasteiger partial charge in [0.1, 0.15) is 0 Å². The van der Waals surface area contributed by atoms with Crippen molar-refractivity contribution in [2.75, 3.05) is 0 Å². The van der Waals surface area contributed by atoms with Gasteiger partial charge in [0.25, 0.3) is 0 Å². The molecule has 1 heterocycles. The molecule has 2 N–H and O–H groups in total. The Labute approximate surface area is 53.2 Å². The number of allylic oxidation sites excluding steroid dienone is 1. The van der Waals surface area contributed by atoms with Gasteiger partial charge >= 0.3 is 0 Å². The van der Waals surface area contributed by atoms with E-state index in [1.54, 1.807) is 0 Å². The average Bonchev–Trinajstić information content (AvgIpc) is 1.90. The zero-order valence-electron chi connectivity index (χ0n) is 4.50. The van der Waals surface area contributed by atoms with Gasteiger partial charge < -0.3 is 9.87 Å².